The van der Waals surface area contributed by atoms with Gasteiger partial charge in [-0.15, -0.1) is 0 Å². The molecule has 1 heterocycles. The van der Waals surface area contributed by atoms with Crippen LogP contribution in [-0.2, 0) is 16.1 Å². The van der Waals surface area contributed by atoms with Crippen molar-refractivity contribution in [2.45, 2.75) is 12.8 Å². The summed E-state index contributed by atoms with van der Waals surface area (Å²) in [6.45, 7) is 0.644. The van der Waals surface area contributed by atoms with E-state index in [0.29, 0.717) is 6.54 Å². The van der Waals surface area contributed by atoms with Crippen LogP contribution in [0.5, 0.6) is 0 Å². The van der Waals surface area contributed by atoms with E-state index < -0.39 is 6.29 Å². The highest BCUT2D eigenvalue weighted by atomic mass is 16.6. The zero-order chi connectivity index (χ0) is 9.97. The molecule has 1 N–H and O–H groups in total. The summed E-state index contributed by atoms with van der Waals surface area (Å²) in [6.07, 6.45) is -1.28. The number of ether oxygens (including phenoxy) is 1. The standard InChI is InChI=1S/C10H11NO3/c12-9-10(13)14-7-11(9)6-8-4-2-1-3-5-8/h1-5,10,13H,6-7H2. The zero-order valence-electron chi connectivity index (χ0n) is 7.59. The molecular weight excluding hydrogens is 182 g/mol. The Morgan fingerprint density at radius 2 is 2.14 bits per heavy atom. The molecule has 4 nitrogen and oxygen atoms in total. The van der Waals surface area contributed by atoms with Crippen molar-refractivity contribution in [2.75, 3.05) is 6.73 Å². The number of rotatable bonds is 2. The highest BCUT2D eigenvalue weighted by Crippen LogP contribution is 2.12. The first-order chi connectivity index (χ1) is 6.77. The van der Waals surface area contributed by atoms with E-state index in [2.05, 4.69) is 0 Å². The molecule has 0 aromatic heterocycles. The quantitative estimate of drug-likeness (QED) is 0.736. The monoisotopic (exact) mass is 193 g/mol. The van der Waals surface area contributed by atoms with Crippen molar-refractivity contribution < 1.29 is 14.6 Å². The third-order valence-electron chi connectivity index (χ3n) is 2.13. The average Bonchev–Trinajstić information content (AvgIpc) is 2.52. The highest BCUT2D eigenvalue weighted by Gasteiger charge is 2.30. The molecule has 14 heavy (non-hydrogen) atoms. The van der Waals surface area contributed by atoms with E-state index >= 15 is 0 Å². The Morgan fingerprint density at radius 3 is 2.71 bits per heavy atom. The second kappa shape index (κ2) is 3.77. The minimum absolute atomic E-state index is 0.162. The van der Waals surface area contributed by atoms with Crippen LogP contribution in [0.1, 0.15) is 5.56 Å². The van der Waals surface area contributed by atoms with E-state index in [4.69, 9.17) is 9.84 Å². The van der Waals surface area contributed by atoms with Crippen molar-refractivity contribution in [1.29, 1.82) is 0 Å². The highest BCUT2D eigenvalue weighted by molar-refractivity contribution is 5.80. The van der Waals surface area contributed by atoms with Gasteiger partial charge in [-0.2, -0.15) is 0 Å². The third-order valence-corrected chi connectivity index (χ3v) is 2.13. The first-order valence-corrected chi connectivity index (χ1v) is 4.40. The van der Waals surface area contributed by atoms with Crippen LogP contribution in [0.15, 0.2) is 30.3 Å². The predicted molar refractivity (Wildman–Crippen MR) is 49.0 cm³/mol. The molecule has 0 aliphatic carbocycles. The number of aliphatic hydroxyl groups excluding tert-OH is 1. The Balaban J connectivity index is 2.02. The minimum atomic E-state index is -1.28. The van der Waals surface area contributed by atoms with Gasteiger partial charge in [0.15, 0.2) is 0 Å². The van der Waals surface area contributed by atoms with Crippen molar-refractivity contribution in [3.05, 3.63) is 35.9 Å². The fourth-order valence-electron chi connectivity index (χ4n) is 1.38. The van der Waals surface area contributed by atoms with Crippen molar-refractivity contribution in [3.8, 4) is 0 Å². The smallest absolute Gasteiger partial charge is 0.281 e. The first-order valence-electron chi connectivity index (χ1n) is 4.40. The summed E-state index contributed by atoms with van der Waals surface area (Å²) in [4.78, 5) is 12.7. The molecule has 2 rings (SSSR count). The summed E-state index contributed by atoms with van der Waals surface area (Å²) in [5.74, 6) is -0.367. The number of nitrogens with zero attached hydrogens (tertiary/aromatic N) is 1. The number of hydrogen-bond donors (Lipinski definition) is 1. The Labute approximate surface area is 81.7 Å². The molecule has 0 spiro atoms. The molecule has 1 saturated heterocycles. The number of benzene rings is 1. The molecule has 1 aromatic rings. The fraction of sp³-hybridized carbons (Fsp3) is 0.300. The lowest BCUT2D eigenvalue weighted by Gasteiger charge is -2.12. The molecule has 1 atom stereocenters. The number of amides is 1. The van der Waals surface area contributed by atoms with Crippen LogP contribution in [0.3, 0.4) is 0 Å². The molecule has 0 bridgehead atoms. The summed E-state index contributed by atoms with van der Waals surface area (Å²) in [5.41, 5.74) is 1.03. The van der Waals surface area contributed by atoms with Crippen LogP contribution >= 0.6 is 0 Å². The lowest BCUT2D eigenvalue weighted by atomic mass is 10.2. The Bertz CT molecular complexity index is 325. The molecule has 1 aliphatic rings. The maximum Gasteiger partial charge on any atom is 0.281 e. The summed E-state index contributed by atoms with van der Waals surface area (Å²) >= 11 is 0. The van der Waals surface area contributed by atoms with Crippen LogP contribution in [-0.4, -0.2) is 28.9 Å². The molecule has 1 aromatic carbocycles. The first kappa shape index (κ1) is 9.18. The maximum atomic E-state index is 11.3. The molecular formula is C10H11NO3. The average molecular weight is 193 g/mol. The Morgan fingerprint density at radius 1 is 1.43 bits per heavy atom. The van der Waals surface area contributed by atoms with Crippen LogP contribution in [0.25, 0.3) is 0 Å². The van der Waals surface area contributed by atoms with Crippen molar-refractivity contribution >= 4 is 5.91 Å². The topological polar surface area (TPSA) is 49.8 Å². The SMILES string of the molecule is O=C1C(O)OCN1Cc1ccccc1. The minimum Gasteiger partial charge on any atom is -0.360 e. The van der Waals surface area contributed by atoms with Crippen LogP contribution in [0.2, 0.25) is 0 Å². The molecule has 0 saturated carbocycles. The van der Waals surface area contributed by atoms with Gasteiger partial charge in [-0.05, 0) is 5.56 Å². The molecule has 74 valence electrons. The van der Waals surface area contributed by atoms with E-state index in [1.165, 1.54) is 4.90 Å². The molecule has 1 fully saturated rings. The Hall–Kier alpha value is -1.39. The third kappa shape index (κ3) is 1.76. The van der Waals surface area contributed by atoms with Gasteiger partial charge in [0.25, 0.3) is 5.91 Å². The summed E-state index contributed by atoms with van der Waals surface area (Å²) < 4.78 is 4.78. The van der Waals surface area contributed by atoms with Crippen LogP contribution in [0.4, 0.5) is 0 Å². The van der Waals surface area contributed by atoms with Gasteiger partial charge in [-0.3, -0.25) is 4.79 Å². The maximum absolute atomic E-state index is 11.3. The van der Waals surface area contributed by atoms with Gasteiger partial charge < -0.3 is 14.7 Å². The Kier molecular flexibility index (Phi) is 2.47. The number of hydrogen-bond acceptors (Lipinski definition) is 3. The van der Waals surface area contributed by atoms with E-state index in [1.54, 1.807) is 0 Å². The molecule has 1 amide bonds. The fourth-order valence-corrected chi connectivity index (χ4v) is 1.38. The van der Waals surface area contributed by atoms with Crippen LogP contribution < -0.4 is 0 Å². The van der Waals surface area contributed by atoms with E-state index in [1.807, 2.05) is 30.3 Å². The largest absolute Gasteiger partial charge is 0.360 e. The number of carbonyl (C=O) groups is 1. The van der Waals surface area contributed by atoms with E-state index in [-0.39, 0.29) is 12.6 Å². The summed E-state index contributed by atoms with van der Waals surface area (Å²) in [6, 6.07) is 9.59. The predicted octanol–water partition coefficient (Wildman–Crippen LogP) is 0.321. The van der Waals surface area contributed by atoms with Crippen LogP contribution in [0, 0.1) is 0 Å². The van der Waals surface area contributed by atoms with Crippen molar-refractivity contribution in [3.63, 3.8) is 0 Å². The number of carbonyl (C=O) groups excluding carboxylic acids is 1. The van der Waals surface area contributed by atoms with Crippen molar-refractivity contribution in [2.24, 2.45) is 0 Å². The van der Waals surface area contributed by atoms with Gasteiger partial charge in [0.1, 0.15) is 6.73 Å². The summed E-state index contributed by atoms with van der Waals surface area (Å²) in [7, 11) is 0. The van der Waals surface area contributed by atoms with Gasteiger partial charge >= 0.3 is 0 Å². The van der Waals surface area contributed by atoms with Gasteiger partial charge in [-0.25, -0.2) is 0 Å². The zero-order valence-corrected chi connectivity index (χ0v) is 7.59. The van der Waals surface area contributed by atoms with Gasteiger partial charge in [-0.1, -0.05) is 30.3 Å². The van der Waals surface area contributed by atoms with E-state index in [0.717, 1.165) is 5.56 Å². The van der Waals surface area contributed by atoms with Gasteiger partial charge in [0, 0.05) is 6.54 Å². The normalized spacial score (nSPS) is 21.6. The van der Waals surface area contributed by atoms with Gasteiger partial charge in [0.05, 0.1) is 0 Å². The van der Waals surface area contributed by atoms with Crippen molar-refractivity contribution in [1.82, 2.24) is 4.90 Å². The second-order valence-corrected chi connectivity index (χ2v) is 3.17. The molecule has 0 radical (unpaired) electrons. The lowest BCUT2D eigenvalue weighted by molar-refractivity contribution is -0.143. The lowest BCUT2D eigenvalue weighted by Crippen LogP contribution is -2.28. The second-order valence-electron chi connectivity index (χ2n) is 3.17. The molecule has 1 unspecified atom stereocenters. The molecule has 4 heteroatoms. The molecule has 1 aliphatic heterocycles. The van der Waals surface area contributed by atoms with E-state index in [9.17, 15) is 4.79 Å². The number of aliphatic hydroxyl groups is 1. The summed E-state index contributed by atoms with van der Waals surface area (Å²) in [5, 5.41) is 9.03. The van der Waals surface area contributed by atoms with Gasteiger partial charge in [0.2, 0.25) is 6.29 Å².